The minimum absolute atomic E-state index is 0.0898. The number of amides is 2. The Kier molecular flexibility index (Phi) is 9.16. The van der Waals surface area contributed by atoms with Crippen LogP contribution < -0.4 is 5.32 Å². The normalized spacial score (nSPS) is 11.7. The highest BCUT2D eigenvalue weighted by atomic mass is 35.5. The number of carbonyl (C=O) groups is 2. The van der Waals surface area contributed by atoms with Crippen LogP contribution in [0.3, 0.4) is 0 Å². The smallest absolute Gasteiger partial charge is 0.242 e. The third-order valence-electron chi connectivity index (χ3n) is 4.18. The molecule has 1 atom stereocenters. The number of nitrogens with one attached hydrogen (secondary N) is 1. The minimum atomic E-state index is -0.519. The summed E-state index contributed by atoms with van der Waals surface area (Å²) < 4.78 is 0. The Hall–Kier alpha value is -1.69. The molecule has 2 aromatic rings. The van der Waals surface area contributed by atoms with Crippen LogP contribution in [0.25, 0.3) is 0 Å². The molecule has 2 amide bonds. The van der Waals surface area contributed by atoms with Crippen molar-refractivity contribution in [1.29, 1.82) is 0 Å². The summed E-state index contributed by atoms with van der Waals surface area (Å²) in [6.07, 6.45) is 0.538. The van der Waals surface area contributed by atoms with Gasteiger partial charge < -0.3 is 10.2 Å². The lowest BCUT2D eigenvalue weighted by Gasteiger charge is -2.30. The molecule has 0 aliphatic rings. The van der Waals surface area contributed by atoms with Crippen molar-refractivity contribution in [2.75, 3.05) is 12.3 Å². The molecule has 0 unspecified atom stereocenters. The molecule has 0 radical (unpaired) electrons. The Labute approximate surface area is 180 Å². The fourth-order valence-corrected chi connectivity index (χ4v) is 3.79. The summed E-state index contributed by atoms with van der Waals surface area (Å²) in [5, 5.41) is 4.12. The first-order valence-electron chi connectivity index (χ1n) is 9.14. The van der Waals surface area contributed by atoms with Crippen LogP contribution in [0, 0.1) is 0 Å². The van der Waals surface area contributed by atoms with Gasteiger partial charge in [-0.25, -0.2) is 0 Å². The molecule has 0 saturated heterocycles. The summed E-state index contributed by atoms with van der Waals surface area (Å²) in [6, 6.07) is 14.2. The first-order valence-corrected chi connectivity index (χ1v) is 10.9. The fraction of sp³-hybridized carbons (Fsp3) is 0.333. The number of hydrogen-bond acceptors (Lipinski definition) is 3. The Morgan fingerprint density at radius 1 is 1.00 bits per heavy atom. The van der Waals surface area contributed by atoms with Crippen molar-refractivity contribution in [3.05, 3.63) is 64.1 Å². The number of nitrogens with zero attached hydrogens (tertiary/aromatic N) is 1. The van der Waals surface area contributed by atoms with E-state index in [1.165, 1.54) is 11.8 Å². The monoisotopic (exact) mass is 438 g/mol. The zero-order chi connectivity index (χ0) is 20.5. The Morgan fingerprint density at radius 2 is 1.57 bits per heavy atom. The van der Waals surface area contributed by atoms with Gasteiger partial charge in [0, 0.05) is 28.0 Å². The van der Waals surface area contributed by atoms with E-state index in [9.17, 15) is 9.59 Å². The van der Waals surface area contributed by atoms with Crippen LogP contribution in [0.2, 0.25) is 10.0 Å². The van der Waals surface area contributed by atoms with E-state index in [0.717, 1.165) is 10.5 Å². The highest BCUT2D eigenvalue weighted by molar-refractivity contribution is 8.00. The van der Waals surface area contributed by atoms with Gasteiger partial charge in [-0.1, -0.05) is 42.3 Å². The maximum atomic E-state index is 13.0. The third-order valence-corrected chi connectivity index (χ3v) is 5.68. The van der Waals surface area contributed by atoms with Crippen LogP contribution in [-0.2, 0) is 16.1 Å². The molecule has 2 aromatic carbocycles. The number of halogens is 2. The molecule has 0 aromatic heterocycles. The van der Waals surface area contributed by atoms with Gasteiger partial charge in [-0.15, -0.1) is 11.8 Å². The first kappa shape index (κ1) is 22.6. The van der Waals surface area contributed by atoms with Crippen LogP contribution in [0.1, 0.15) is 25.8 Å². The average Bonchev–Trinajstić information content (AvgIpc) is 2.69. The molecular formula is C21H24Cl2N2O2S. The quantitative estimate of drug-likeness (QED) is 0.558. The molecule has 28 heavy (non-hydrogen) atoms. The number of likely N-dealkylation sites (N-methyl/N-ethyl adjacent to an activating group) is 1. The zero-order valence-electron chi connectivity index (χ0n) is 16.0. The maximum Gasteiger partial charge on any atom is 0.242 e. The SMILES string of the molecule is CCNC(=O)[C@@H](CC)N(Cc1ccc(Cl)cc1)C(=O)CSc1ccc(Cl)cc1. The van der Waals surface area contributed by atoms with Gasteiger partial charge in [-0.05, 0) is 55.3 Å². The predicted octanol–water partition coefficient (Wildman–Crippen LogP) is 5.03. The molecule has 0 aliphatic carbocycles. The molecule has 0 spiro atoms. The van der Waals surface area contributed by atoms with Gasteiger partial charge in [-0.2, -0.15) is 0 Å². The van der Waals surface area contributed by atoms with Gasteiger partial charge in [0.2, 0.25) is 11.8 Å². The van der Waals surface area contributed by atoms with Crippen LogP contribution in [0.15, 0.2) is 53.4 Å². The van der Waals surface area contributed by atoms with Crippen molar-refractivity contribution in [2.24, 2.45) is 0 Å². The van der Waals surface area contributed by atoms with Crippen molar-refractivity contribution in [1.82, 2.24) is 10.2 Å². The highest BCUT2D eigenvalue weighted by Crippen LogP contribution is 2.22. The van der Waals surface area contributed by atoms with E-state index in [0.29, 0.717) is 29.6 Å². The number of thioether (sulfide) groups is 1. The van der Waals surface area contributed by atoms with E-state index in [4.69, 9.17) is 23.2 Å². The lowest BCUT2D eigenvalue weighted by Crippen LogP contribution is -2.49. The van der Waals surface area contributed by atoms with Crippen molar-refractivity contribution in [3.63, 3.8) is 0 Å². The van der Waals surface area contributed by atoms with Gasteiger partial charge in [0.25, 0.3) is 0 Å². The molecule has 150 valence electrons. The van der Waals surface area contributed by atoms with Crippen LogP contribution in [0.4, 0.5) is 0 Å². The molecular weight excluding hydrogens is 415 g/mol. The summed E-state index contributed by atoms with van der Waals surface area (Å²) in [4.78, 5) is 28.2. The predicted molar refractivity (Wildman–Crippen MR) is 117 cm³/mol. The molecule has 0 heterocycles. The first-order chi connectivity index (χ1) is 13.4. The molecule has 7 heteroatoms. The fourth-order valence-electron chi connectivity index (χ4n) is 2.76. The summed E-state index contributed by atoms with van der Waals surface area (Å²) in [5.41, 5.74) is 0.928. The zero-order valence-corrected chi connectivity index (χ0v) is 18.3. The summed E-state index contributed by atoms with van der Waals surface area (Å²) in [7, 11) is 0. The topological polar surface area (TPSA) is 49.4 Å². The van der Waals surface area contributed by atoms with E-state index in [1.54, 1.807) is 29.2 Å². The second kappa shape index (κ2) is 11.3. The van der Waals surface area contributed by atoms with Crippen molar-refractivity contribution in [3.8, 4) is 0 Å². The van der Waals surface area contributed by atoms with Crippen molar-refractivity contribution < 1.29 is 9.59 Å². The van der Waals surface area contributed by atoms with E-state index < -0.39 is 6.04 Å². The Morgan fingerprint density at radius 3 is 2.11 bits per heavy atom. The van der Waals surface area contributed by atoms with Crippen molar-refractivity contribution >= 4 is 46.8 Å². The Balaban J connectivity index is 2.16. The summed E-state index contributed by atoms with van der Waals surface area (Å²) in [5.74, 6) is 0.0160. The van der Waals surface area contributed by atoms with E-state index in [1.807, 2.05) is 38.1 Å². The second-order valence-electron chi connectivity index (χ2n) is 6.21. The highest BCUT2D eigenvalue weighted by Gasteiger charge is 2.28. The standard InChI is InChI=1S/C21H24Cl2N2O2S/c1-3-19(21(27)24-4-2)25(13-15-5-7-16(22)8-6-15)20(26)14-28-18-11-9-17(23)10-12-18/h5-12,19H,3-4,13-14H2,1-2H3,(H,24,27)/t19-/m1/s1. The van der Waals surface area contributed by atoms with E-state index >= 15 is 0 Å². The minimum Gasteiger partial charge on any atom is -0.355 e. The van der Waals surface area contributed by atoms with Gasteiger partial charge in [-0.3, -0.25) is 9.59 Å². The molecule has 0 saturated carbocycles. The van der Waals surface area contributed by atoms with Gasteiger partial charge in [0.1, 0.15) is 6.04 Å². The van der Waals surface area contributed by atoms with Gasteiger partial charge in [0.05, 0.1) is 5.75 Å². The summed E-state index contributed by atoms with van der Waals surface area (Å²) >= 11 is 13.3. The summed E-state index contributed by atoms with van der Waals surface area (Å²) in [6.45, 7) is 4.66. The lowest BCUT2D eigenvalue weighted by molar-refractivity contribution is -0.139. The maximum absolute atomic E-state index is 13.0. The Bertz CT molecular complexity index is 782. The molecule has 0 bridgehead atoms. The third kappa shape index (κ3) is 6.73. The molecule has 2 rings (SSSR count). The van der Waals surface area contributed by atoms with Crippen LogP contribution in [0.5, 0.6) is 0 Å². The number of hydrogen-bond donors (Lipinski definition) is 1. The number of rotatable bonds is 9. The van der Waals surface area contributed by atoms with Crippen LogP contribution in [-0.4, -0.2) is 35.1 Å². The lowest BCUT2D eigenvalue weighted by atomic mass is 10.1. The molecule has 0 fully saturated rings. The van der Waals surface area contributed by atoms with Gasteiger partial charge >= 0.3 is 0 Å². The molecule has 0 aliphatic heterocycles. The van der Waals surface area contributed by atoms with Crippen LogP contribution >= 0.6 is 35.0 Å². The van der Waals surface area contributed by atoms with E-state index in [-0.39, 0.29) is 17.6 Å². The second-order valence-corrected chi connectivity index (χ2v) is 8.13. The number of carbonyl (C=O) groups excluding carboxylic acids is 2. The van der Waals surface area contributed by atoms with E-state index in [2.05, 4.69) is 5.32 Å². The molecule has 1 N–H and O–H groups in total. The van der Waals surface area contributed by atoms with Gasteiger partial charge in [0.15, 0.2) is 0 Å². The number of benzene rings is 2. The average molecular weight is 439 g/mol. The molecule has 4 nitrogen and oxygen atoms in total. The van der Waals surface area contributed by atoms with Crippen molar-refractivity contribution in [2.45, 2.75) is 37.8 Å². The largest absolute Gasteiger partial charge is 0.355 e.